The highest BCUT2D eigenvalue weighted by Gasteiger charge is 2.27. The Labute approximate surface area is 114 Å². The van der Waals surface area contributed by atoms with E-state index in [2.05, 4.69) is 5.32 Å². The standard InChI is InChI=1S/C14H19NO3S/c1-10-5-11(2)7-13(6-10)14(16)15-8-12-3-4-19(17,18)9-12/h5-7,12H,3-4,8-9H2,1-2H3,(H,15,16)/t12-/m1/s1. The molecule has 0 unspecified atom stereocenters. The molecule has 5 heteroatoms. The molecule has 1 fully saturated rings. The summed E-state index contributed by atoms with van der Waals surface area (Å²) < 4.78 is 22.7. The maximum Gasteiger partial charge on any atom is 0.251 e. The molecule has 4 nitrogen and oxygen atoms in total. The number of carbonyl (C=O) groups excluding carboxylic acids is 1. The first-order valence-corrected chi connectivity index (χ1v) is 8.25. The van der Waals surface area contributed by atoms with Gasteiger partial charge in [0.05, 0.1) is 11.5 Å². The molecule has 1 aliphatic rings. The fraction of sp³-hybridized carbons (Fsp3) is 0.500. The first-order chi connectivity index (χ1) is 8.85. The maximum atomic E-state index is 12.0. The molecule has 19 heavy (non-hydrogen) atoms. The van der Waals surface area contributed by atoms with Crippen molar-refractivity contribution in [2.45, 2.75) is 20.3 Å². The number of sulfone groups is 1. The lowest BCUT2D eigenvalue weighted by Crippen LogP contribution is -2.29. The van der Waals surface area contributed by atoms with Gasteiger partial charge in [-0.15, -0.1) is 0 Å². The molecule has 1 N–H and O–H groups in total. The normalized spacial score (nSPS) is 21.3. The average molecular weight is 281 g/mol. The fourth-order valence-corrected chi connectivity index (χ4v) is 4.34. The molecule has 1 atom stereocenters. The lowest BCUT2D eigenvalue weighted by molar-refractivity contribution is 0.0948. The number of benzene rings is 1. The summed E-state index contributed by atoms with van der Waals surface area (Å²) in [6, 6.07) is 5.70. The number of rotatable bonds is 3. The molecule has 0 bridgehead atoms. The van der Waals surface area contributed by atoms with Gasteiger partial charge in [-0.25, -0.2) is 8.42 Å². The van der Waals surface area contributed by atoms with Crippen molar-refractivity contribution < 1.29 is 13.2 Å². The highest BCUT2D eigenvalue weighted by Crippen LogP contribution is 2.17. The van der Waals surface area contributed by atoms with Crippen LogP contribution in [0.3, 0.4) is 0 Å². The van der Waals surface area contributed by atoms with E-state index in [-0.39, 0.29) is 23.3 Å². The number of hydrogen-bond acceptors (Lipinski definition) is 3. The summed E-state index contributed by atoms with van der Waals surface area (Å²) in [5.41, 5.74) is 2.74. The van der Waals surface area contributed by atoms with E-state index in [1.165, 1.54) is 0 Å². The van der Waals surface area contributed by atoms with Gasteiger partial charge >= 0.3 is 0 Å². The molecule has 0 spiro atoms. The molecule has 0 aromatic heterocycles. The van der Waals surface area contributed by atoms with Gasteiger partial charge in [-0.1, -0.05) is 17.2 Å². The highest BCUT2D eigenvalue weighted by molar-refractivity contribution is 7.91. The van der Waals surface area contributed by atoms with Crippen LogP contribution in [-0.2, 0) is 9.84 Å². The van der Waals surface area contributed by atoms with E-state index in [9.17, 15) is 13.2 Å². The molecule has 1 aromatic carbocycles. The smallest absolute Gasteiger partial charge is 0.251 e. The van der Waals surface area contributed by atoms with E-state index in [0.29, 0.717) is 18.5 Å². The van der Waals surface area contributed by atoms with Gasteiger partial charge in [0.15, 0.2) is 9.84 Å². The average Bonchev–Trinajstić information content (AvgIpc) is 2.64. The summed E-state index contributed by atoms with van der Waals surface area (Å²) in [6.45, 7) is 4.34. The van der Waals surface area contributed by atoms with Gasteiger partial charge in [0, 0.05) is 12.1 Å². The van der Waals surface area contributed by atoms with Crippen LogP contribution in [0.4, 0.5) is 0 Å². The molecule has 1 saturated heterocycles. The lowest BCUT2D eigenvalue weighted by atomic mass is 10.1. The minimum atomic E-state index is -2.87. The minimum absolute atomic E-state index is 0.0554. The van der Waals surface area contributed by atoms with E-state index in [4.69, 9.17) is 0 Å². The summed E-state index contributed by atoms with van der Waals surface area (Å²) in [6.07, 6.45) is 0.648. The summed E-state index contributed by atoms with van der Waals surface area (Å²) in [7, 11) is -2.87. The van der Waals surface area contributed by atoms with Crippen molar-refractivity contribution in [3.05, 3.63) is 34.9 Å². The van der Waals surface area contributed by atoms with Crippen LogP contribution < -0.4 is 5.32 Å². The van der Waals surface area contributed by atoms with Crippen molar-refractivity contribution in [3.8, 4) is 0 Å². The molecule has 1 amide bonds. The predicted molar refractivity (Wildman–Crippen MR) is 75.0 cm³/mol. The molecule has 0 radical (unpaired) electrons. The summed E-state index contributed by atoms with van der Waals surface area (Å²) in [5.74, 6) is 0.368. The SMILES string of the molecule is Cc1cc(C)cc(C(=O)NC[C@H]2CCS(=O)(=O)C2)c1. The lowest BCUT2D eigenvalue weighted by Gasteiger charge is -2.10. The number of carbonyl (C=O) groups is 1. The van der Waals surface area contributed by atoms with Crippen LogP contribution in [-0.4, -0.2) is 32.4 Å². The third-order valence-electron chi connectivity index (χ3n) is 3.36. The van der Waals surface area contributed by atoms with Crippen LogP contribution in [0.25, 0.3) is 0 Å². The van der Waals surface area contributed by atoms with Crippen LogP contribution in [0.1, 0.15) is 27.9 Å². The molecule has 1 aromatic rings. The Hall–Kier alpha value is -1.36. The predicted octanol–water partition coefficient (Wildman–Crippen LogP) is 1.47. The molecule has 104 valence electrons. The van der Waals surface area contributed by atoms with E-state index >= 15 is 0 Å². The van der Waals surface area contributed by atoms with Gasteiger partial charge in [-0.3, -0.25) is 4.79 Å². The zero-order valence-electron chi connectivity index (χ0n) is 11.3. The van der Waals surface area contributed by atoms with Crippen molar-refractivity contribution in [1.82, 2.24) is 5.32 Å². The fourth-order valence-electron chi connectivity index (χ4n) is 2.48. The van der Waals surface area contributed by atoms with Crippen molar-refractivity contribution in [1.29, 1.82) is 0 Å². The zero-order chi connectivity index (χ0) is 14.0. The number of hydrogen-bond donors (Lipinski definition) is 1. The zero-order valence-corrected chi connectivity index (χ0v) is 12.1. The third kappa shape index (κ3) is 3.80. The molecule has 0 saturated carbocycles. The van der Waals surface area contributed by atoms with Crippen LogP contribution >= 0.6 is 0 Å². The molecule has 2 rings (SSSR count). The highest BCUT2D eigenvalue weighted by atomic mass is 32.2. The van der Waals surface area contributed by atoms with Gasteiger partial charge in [0.2, 0.25) is 0 Å². The number of amides is 1. The Morgan fingerprint density at radius 2 is 1.89 bits per heavy atom. The summed E-state index contributed by atoms with van der Waals surface area (Å²) in [4.78, 5) is 12.0. The first kappa shape index (κ1) is 14.1. The molecule has 1 aliphatic heterocycles. The summed E-state index contributed by atoms with van der Waals surface area (Å²) >= 11 is 0. The molecular formula is C14H19NO3S. The van der Waals surface area contributed by atoms with Crippen LogP contribution in [0.5, 0.6) is 0 Å². The van der Waals surface area contributed by atoms with Crippen molar-refractivity contribution in [3.63, 3.8) is 0 Å². The minimum Gasteiger partial charge on any atom is -0.352 e. The second-order valence-corrected chi connectivity index (χ2v) is 7.58. The topological polar surface area (TPSA) is 63.2 Å². The second-order valence-electron chi connectivity index (χ2n) is 5.36. The van der Waals surface area contributed by atoms with Crippen LogP contribution in [0.15, 0.2) is 18.2 Å². The van der Waals surface area contributed by atoms with Crippen molar-refractivity contribution >= 4 is 15.7 Å². The van der Waals surface area contributed by atoms with E-state index < -0.39 is 9.84 Å². The van der Waals surface area contributed by atoms with Crippen molar-refractivity contribution in [2.24, 2.45) is 5.92 Å². The Balaban J connectivity index is 1.95. The van der Waals surface area contributed by atoms with Gasteiger partial charge in [0.1, 0.15) is 0 Å². The Morgan fingerprint density at radius 1 is 1.26 bits per heavy atom. The van der Waals surface area contributed by atoms with E-state index in [0.717, 1.165) is 11.1 Å². The van der Waals surface area contributed by atoms with E-state index in [1.54, 1.807) is 0 Å². The molecular weight excluding hydrogens is 262 g/mol. The monoisotopic (exact) mass is 281 g/mol. The second kappa shape index (κ2) is 5.33. The van der Waals surface area contributed by atoms with Crippen LogP contribution in [0, 0.1) is 19.8 Å². The number of aryl methyl sites for hydroxylation is 2. The molecule has 1 heterocycles. The van der Waals surface area contributed by atoms with Gasteiger partial charge in [-0.05, 0) is 38.3 Å². The van der Waals surface area contributed by atoms with Crippen molar-refractivity contribution in [2.75, 3.05) is 18.1 Å². The Morgan fingerprint density at radius 3 is 2.42 bits per heavy atom. The quantitative estimate of drug-likeness (QED) is 0.912. The first-order valence-electron chi connectivity index (χ1n) is 6.43. The largest absolute Gasteiger partial charge is 0.352 e. The Kier molecular flexibility index (Phi) is 3.94. The molecule has 0 aliphatic carbocycles. The summed E-state index contributed by atoms with van der Waals surface area (Å²) in [5, 5.41) is 2.83. The van der Waals surface area contributed by atoms with Crippen LogP contribution in [0.2, 0.25) is 0 Å². The van der Waals surface area contributed by atoms with Gasteiger partial charge in [0.25, 0.3) is 5.91 Å². The van der Waals surface area contributed by atoms with Gasteiger partial charge < -0.3 is 5.32 Å². The maximum absolute atomic E-state index is 12.0. The third-order valence-corrected chi connectivity index (χ3v) is 5.20. The Bertz CT molecular complexity index is 572. The number of nitrogens with one attached hydrogen (secondary N) is 1. The van der Waals surface area contributed by atoms with Gasteiger partial charge in [-0.2, -0.15) is 0 Å². The van der Waals surface area contributed by atoms with E-state index in [1.807, 2.05) is 32.0 Å².